The Morgan fingerprint density at radius 2 is 2.00 bits per heavy atom. The van der Waals surface area contributed by atoms with E-state index in [9.17, 15) is 4.79 Å². The third kappa shape index (κ3) is 2.85. The quantitative estimate of drug-likeness (QED) is 0.692. The number of pyridine rings is 1. The van der Waals surface area contributed by atoms with Crippen LogP contribution in [-0.4, -0.2) is 54.5 Å². The fraction of sp³-hybridized carbons (Fsp3) is 0.458. The molecule has 4 heterocycles. The number of likely N-dealkylation sites (tertiary alicyclic amines) is 1. The van der Waals surface area contributed by atoms with E-state index in [0.29, 0.717) is 29.7 Å². The van der Waals surface area contributed by atoms with E-state index in [0.717, 1.165) is 55.1 Å². The maximum atomic E-state index is 11.7. The van der Waals surface area contributed by atoms with Crippen LogP contribution in [0.5, 0.6) is 0 Å². The van der Waals surface area contributed by atoms with Gasteiger partial charge in [-0.25, -0.2) is 9.97 Å². The van der Waals surface area contributed by atoms with Crippen molar-refractivity contribution in [2.24, 2.45) is 17.8 Å². The molecule has 2 unspecified atom stereocenters. The predicted octanol–water partition coefficient (Wildman–Crippen LogP) is 2.74. The molecule has 32 heavy (non-hydrogen) atoms. The van der Waals surface area contributed by atoms with Crippen LogP contribution in [-0.2, 0) is 4.79 Å². The Hall–Kier alpha value is -3.29. The fourth-order valence-electron chi connectivity index (χ4n) is 6.07. The summed E-state index contributed by atoms with van der Waals surface area (Å²) in [5.74, 6) is 3.24. The number of anilines is 1. The summed E-state index contributed by atoms with van der Waals surface area (Å²) in [6.45, 7) is 3.48. The minimum Gasteiger partial charge on any atom is -0.351 e. The van der Waals surface area contributed by atoms with E-state index in [1.807, 2.05) is 21.6 Å². The van der Waals surface area contributed by atoms with Gasteiger partial charge in [-0.15, -0.1) is 10.2 Å². The van der Waals surface area contributed by atoms with Crippen molar-refractivity contribution in [3.8, 4) is 0 Å². The van der Waals surface area contributed by atoms with Crippen LogP contribution in [0.15, 0.2) is 36.9 Å². The zero-order chi connectivity index (χ0) is 21.4. The van der Waals surface area contributed by atoms with Gasteiger partial charge in [-0.05, 0) is 60.3 Å². The number of nitrogens with one attached hydrogen (secondary N) is 1. The normalized spacial score (nSPS) is 30.0. The molecule has 3 aromatic rings. The van der Waals surface area contributed by atoms with Gasteiger partial charge in [0.1, 0.15) is 6.33 Å². The fourth-order valence-corrected chi connectivity index (χ4v) is 6.07. The molecular weight excluding hydrogens is 402 g/mol. The summed E-state index contributed by atoms with van der Waals surface area (Å²) in [7, 11) is 0. The molecule has 2 saturated carbocycles. The van der Waals surface area contributed by atoms with Crippen LogP contribution in [0.2, 0.25) is 0 Å². The van der Waals surface area contributed by atoms with E-state index in [1.54, 1.807) is 13.3 Å². The van der Waals surface area contributed by atoms with E-state index in [4.69, 9.17) is 9.97 Å². The third-order valence-electron chi connectivity index (χ3n) is 7.81. The second-order valence-electron chi connectivity index (χ2n) is 9.85. The van der Waals surface area contributed by atoms with Crippen molar-refractivity contribution in [2.45, 2.75) is 38.1 Å². The average Bonchev–Trinajstić information content (AvgIpc) is 3.07. The highest BCUT2D eigenvalue weighted by Crippen LogP contribution is 2.55. The number of carbonyl (C=O) groups is 1. The molecule has 3 aliphatic carbocycles. The number of aromatic nitrogens is 5. The van der Waals surface area contributed by atoms with Crippen molar-refractivity contribution < 1.29 is 4.79 Å². The number of rotatable bonds is 3. The minimum absolute atomic E-state index is 0.202. The van der Waals surface area contributed by atoms with Crippen molar-refractivity contribution >= 4 is 23.1 Å². The lowest BCUT2D eigenvalue weighted by atomic mass is 9.92. The van der Waals surface area contributed by atoms with Gasteiger partial charge in [-0.1, -0.05) is 6.08 Å². The maximum Gasteiger partial charge on any atom is 0.223 e. The van der Waals surface area contributed by atoms with Crippen LogP contribution < -0.4 is 5.32 Å². The minimum atomic E-state index is 0.202. The topological polar surface area (TPSA) is 88.3 Å². The van der Waals surface area contributed by atoms with Crippen molar-refractivity contribution in [2.75, 3.05) is 18.4 Å². The highest BCUT2D eigenvalue weighted by Gasteiger charge is 2.44. The highest BCUT2D eigenvalue weighted by atomic mass is 16.2. The first-order valence-corrected chi connectivity index (χ1v) is 11.5. The van der Waals surface area contributed by atoms with Gasteiger partial charge in [-0.3, -0.25) is 9.20 Å². The summed E-state index contributed by atoms with van der Waals surface area (Å²) < 4.78 is 1.95. The van der Waals surface area contributed by atoms with Gasteiger partial charge in [-0.2, -0.15) is 0 Å². The second kappa shape index (κ2) is 6.60. The first-order chi connectivity index (χ1) is 15.6. The Labute approximate surface area is 185 Å². The van der Waals surface area contributed by atoms with Gasteiger partial charge in [0.25, 0.3) is 0 Å². The van der Waals surface area contributed by atoms with Crippen LogP contribution in [0.4, 0.5) is 5.95 Å². The van der Waals surface area contributed by atoms with Gasteiger partial charge in [0.05, 0.1) is 5.69 Å². The van der Waals surface area contributed by atoms with Gasteiger partial charge in [0, 0.05) is 49.9 Å². The summed E-state index contributed by atoms with van der Waals surface area (Å²) in [6.07, 6.45) is 11.5. The number of nitrogens with zero attached hydrogens (tertiary/aromatic N) is 6. The molecule has 0 spiro atoms. The Bertz CT molecular complexity index is 1270. The molecule has 0 bridgehead atoms. The molecule has 0 radical (unpaired) electrons. The number of allylic oxidation sites excluding steroid dienone is 1. The van der Waals surface area contributed by atoms with Crippen molar-refractivity contribution in [3.63, 3.8) is 0 Å². The molecule has 162 valence electrons. The number of hydrogen-bond acceptors (Lipinski definition) is 6. The number of amides is 1. The number of hydrogen-bond donors (Lipinski definition) is 1. The molecule has 4 aliphatic rings. The molecule has 0 aromatic carbocycles. The lowest BCUT2D eigenvalue weighted by Crippen LogP contribution is -2.29. The Morgan fingerprint density at radius 3 is 2.81 bits per heavy atom. The van der Waals surface area contributed by atoms with E-state index < -0.39 is 0 Å². The van der Waals surface area contributed by atoms with Gasteiger partial charge >= 0.3 is 0 Å². The number of fused-ring (bicyclic) bond motifs is 5. The van der Waals surface area contributed by atoms with E-state index >= 15 is 0 Å². The molecule has 7 rings (SSSR count). The van der Waals surface area contributed by atoms with E-state index in [-0.39, 0.29) is 5.91 Å². The zero-order valence-corrected chi connectivity index (χ0v) is 18.0. The summed E-state index contributed by atoms with van der Waals surface area (Å²) in [5, 5.41) is 11.7. The Balaban J connectivity index is 1.13. The summed E-state index contributed by atoms with van der Waals surface area (Å²) in [5.41, 5.74) is 5.52. The van der Waals surface area contributed by atoms with Gasteiger partial charge in [0.2, 0.25) is 11.9 Å². The molecule has 8 nitrogen and oxygen atoms in total. The predicted molar refractivity (Wildman–Crippen MR) is 119 cm³/mol. The molecule has 8 heteroatoms. The molecule has 1 N–H and O–H groups in total. The first kappa shape index (κ1) is 18.3. The van der Waals surface area contributed by atoms with Crippen molar-refractivity contribution in [1.82, 2.24) is 29.5 Å². The SMILES string of the molecule is CC(=O)N1C[C@H]2CC(Nc3ncc4c(n3)C3C[C@@H]3C=C4c3ccc4nncn4c3)C[C@H]2C1. The lowest BCUT2D eigenvalue weighted by Gasteiger charge is -2.20. The summed E-state index contributed by atoms with van der Waals surface area (Å²) in [6, 6.07) is 4.50. The summed E-state index contributed by atoms with van der Waals surface area (Å²) in [4.78, 5) is 23.4. The van der Waals surface area contributed by atoms with Gasteiger partial charge in [0.15, 0.2) is 5.65 Å². The maximum absolute atomic E-state index is 11.7. The molecule has 1 saturated heterocycles. The molecule has 3 aromatic heterocycles. The smallest absolute Gasteiger partial charge is 0.223 e. The van der Waals surface area contributed by atoms with Crippen LogP contribution >= 0.6 is 0 Å². The molecular formula is C24H25N7O. The monoisotopic (exact) mass is 427 g/mol. The lowest BCUT2D eigenvalue weighted by molar-refractivity contribution is -0.128. The molecule has 1 amide bonds. The van der Waals surface area contributed by atoms with Crippen LogP contribution in [0, 0.1) is 17.8 Å². The Kier molecular flexibility index (Phi) is 3.78. The first-order valence-electron chi connectivity index (χ1n) is 11.5. The standard InChI is InChI=1S/C24H25N7O/c1-13(32)30-10-16-4-18(5-17(16)11-30)27-24-25-8-21-19(6-15-7-20(15)23(21)28-24)14-2-3-22-29-26-12-31(22)9-14/h2-3,6,8-9,12,15-18,20H,4-5,7,10-11H2,1H3,(H,25,27,28)/t15-,16-,17+,18?,20?/m0/s1. The third-order valence-corrected chi connectivity index (χ3v) is 7.81. The van der Waals surface area contributed by atoms with Crippen LogP contribution in [0.3, 0.4) is 0 Å². The van der Waals surface area contributed by atoms with Crippen LogP contribution in [0.25, 0.3) is 11.2 Å². The Morgan fingerprint density at radius 1 is 1.16 bits per heavy atom. The van der Waals surface area contributed by atoms with Crippen molar-refractivity contribution in [3.05, 3.63) is 53.8 Å². The van der Waals surface area contributed by atoms with E-state index in [2.05, 4.69) is 33.9 Å². The number of carbonyl (C=O) groups excluding carboxylic acids is 1. The van der Waals surface area contributed by atoms with Crippen molar-refractivity contribution in [1.29, 1.82) is 0 Å². The van der Waals surface area contributed by atoms with Crippen LogP contribution in [0.1, 0.15) is 48.9 Å². The molecule has 3 fully saturated rings. The molecule has 5 atom stereocenters. The van der Waals surface area contributed by atoms with Gasteiger partial charge < -0.3 is 10.2 Å². The highest BCUT2D eigenvalue weighted by molar-refractivity contribution is 5.83. The second-order valence-corrected chi connectivity index (χ2v) is 9.85. The molecule has 1 aliphatic heterocycles. The zero-order valence-electron chi connectivity index (χ0n) is 18.0. The van der Waals surface area contributed by atoms with E-state index in [1.165, 1.54) is 11.3 Å². The summed E-state index contributed by atoms with van der Waals surface area (Å²) >= 11 is 0. The average molecular weight is 428 g/mol. The largest absolute Gasteiger partial charge is 0.351 e.